The molecule has 0 N–H and O–H groups in total. The lowest BCUT2D eigenvalue weighted by atomic mass is 9.75. The minimum absolute atomic E-state index is 0.0168. The number of carbonyl (C=O) groups is 1. The van der Waals surface area contributed by atoms with Crippen molar-refractivity contribution in [2.45, 2.75) is 43.9 Å². The highest BCUT2D eigenvalue weighted by Crippen LogP contribution is 2.42. The molecule has 2 aromatic carbocycles. The topological polar surface area (TPSA) is 81.3 Å². The third-order valence-corrected chi connectivity index (χ3v) is 8.67. The van der Waals surface area contributed by atoms with Gasteiger partial charge in [-0.3, -0.25) is 9.48 Å². The lowest BCUT2D eigenvalue weighted by Gasteiger charge is -2.42. The van der Waals surface area contributed by atoms with Gasteiger partial charge in [0.25, 0.3) is 5.91 Å². The van der Waals surface area contributed by atoms with E-state index in [1.807, 2.05) is 48.0 Å². The summed E-state index contributed by atoms with van der Waals surface area (Å²) in [5.74, 6) is 0.380. The minimum Gasteiger partial charge on any atom is -0.379 e. The van der Waals surface area contributed by atoms with Gasteiger partial charge in [-0.05, 0) is 53.8 Å². The second-order valence-corrected chi connectivity index (χ2v) is 11.6. The molecule has 1 fully saturated rings. The molecule has 0 bridgehead atoms. The number of hydrogen-bond acceptors (Lipinski definition) is 6. The lowest BCUT2D eigenvalue weighted by molar-refractivity contribution is -0.138. The molecule has 0 aliphatic carbocycles. The molecule has 1 amide bonds. The molecular formula is C30H30F3N7O2. The number of anilines is 2. The van der Waals surface area contributed by atoms with Crippen LogP contribution in [0, 0.1) is 0 Å². The Morgan fingerprint density at radius 3 is 2.67 bits per heavy atom. The maximum absolute atomic E-state index is 14.4. The van der Waals surface area contributed by atoms with Gasteiger partial charge in [0.05, 0.1) is 36.7 Å². The van der Waals surface area contributed by atoms with Gasteiger partial charge in [0.1, 0.15) is 12.2 Å². The van der Waals surface area contributed by atoms with Gasteiger partial charge in [0, 0.05) is 56.5 Å². The summed E-state index contributed by atoms with van der Waals surface area (Å²) in [4.78, 5) is 17.2. The van der Waals surface area contributed by atoms with E-state index in [1.54, 1.807) is 23.1 Å². The molecule has 218 valence electrons. The predicted molar refractivity (Wildman–Crippen MR) is 148 cm³/mol. The van der Waals surface area contributed by atoms with Crippen LogP contribution in [-0.2, 0) is 56.4 Å². The van der Waals surface area contributed by atoms with Crippen molar-refractivity contribution < 1.29 is 22.7 Å². The number of aromatic nitrogens is 5. The summed E-state index contributed by atoms with van der Waals surface area (Å²) in [6.45, 7) is 1.80. The Bertz CT molecular complexity index is 1690. The molecule has 42 heavy (non-hydrogen) atoms. The van der Waals surface area contributed by atoms with Gasteiger partial charge in [-0.1, -0.05) is 12.1 Å². The number of benzene rings is 2. The monoisotopic (exact) mass is 577 g/mol. The highest BCUT2D eigenvalue weighted by molar-refractivity contribution is 6.10. The molecule has 0 spiro atoms. The number of hydrogen-bond donors (Lipinski definition) is 0. The highest BCUT2D eigenvalue weighted by atomic mass is 19.4. The van der Waals surface area contributed by atoms with Crippen LogP contribution in [0.15, 0.2) is 48.9 Å². The second-order valence-electron chi connectivity index (χ2n) is 11.6. The molecule has 3 aliphatic rings. The molecule has 0 saturated carbocycles. The number of aryl methyl sites for hydroxylation is 3. The van der Waals surface area contributed by atoms with Crippen LogP contribution < -0.4 is 9.80 Å². The summed E-state index contributed by atoms with van der Waals surface area (Å²) < 4.78 is 52.4. The third kappa shape index (κ3) is 4.44. The number of nitrogens with zero attached hydrogens (tertiary/aromatic N) is 7. The van der Waals surface area contributed by atoms with Crippen LogP contribution in [0.1, 0.15) is 50.6 Å². The highest BCUT2D eigenvalue weighted by Gasteiger charge is 2.43. The Morgan fingerprint density at radius 2 is 1.95 bits per heavy atom. The van der Waals surface area contributed by atoms with Gasteiger partial charge in [-0.2, -0.15) is 18.3 Å². The molecule has 1 saturated heterocycles. The van der Waals surface area contributed by atoms with E-state index in [2.05, 4.69) is 15.3 Å². The summed E-state index contributed by atoms with van der Waals surface area (Å²) in [6, 6.07) is 10.3. The van der Waals surface area contributed by atoms with Crippen molar-refractivity contribution >= 4 is 17.3 Å². The van der Waals surface area contributed by atoms with Gasteiger partial charge in [-0.25, -0.2) is 0 Å². The van der Waals surface area contributed by atoms with Crippen molar-refractivity contribution in [2.24, 2.45) is 14.1 Å². The average molecular weight is 578 g/mol. The molecular weight excluding hydrogens is 547 g/mol. The van der Waals surface area contributed by atoms with Gasteiger partial charge in [0.2, 0.25) is 0 Å². The van der Waals surface area contributed by atoms with Crippen molar-refractivity contribution in [3.05, 3.63) is 88.3 Å². The molecule has 0 atom stereocenters. The van der Waals surface area contributed by atoms with Gasteiger partial charge in [-0.15, -0.1) is 10.2 Å². The SMILES string of the molecule is Cn1cc2c(n1)CCCN2Cc1cc2c(c(C(F)(F)F)c1)CN(c1cccc(C3(Cc4nncn4C)COC3)c1)C2=O. The zero-order valence-electron chi connectivity index (χ0n) is 23.4. The molecule has 0 radical (unpaired) electrons. The molecule has 3 aliphatic heterocycles. The van der Waals surface area contributed by atoms with Crippen molar-refractivity contribution in [1.29, 1.82) is 0 Å². The fraction of sp³-hybridized carbons (Fsp3) is 0.400. The van der Waals surface area contributed by atoms with Crippen LogP contribution in [0.25, 0.3) is 0 Å². The van der Waals surface area contributed by atoms with E-state index >= 15 is 0 Å². The number of amides is 1. The molecule has 0 unspecified atom stereocenters. The quantitative estimate of drug-likeness (QED) is 0.342. The smallest absolute Gasteiger partial charge is 0.379 e. The summed E-state index contributed by atoms with van der Waals surface area (Å²) in [7, 11) is 3.72. The number of fused-ring (bicyclic) bond motifs is 2. The summed E-state index contributed by atoms with van der Waals surface area (Å²) in [6.07, 6.45) is 1.25. The lowest BCUT2D eigenvalue weighted by Crippen LogP contribution is -2.49. The molecule has 5 heterocycles. The van der Waals surface area contributed by atoms with Crippen LogP contribution in [0.2, 0.25) is 0 Å². The minimum atomic E-state index is -4.59. The largest absolute Gasteiger partial charge is 0.416 e. The van der Waals surface area contributed by atoms with Gasteiger partial charge in [0.15, 0.2) is 0 Å². The molecule has 9 nitrogen and oxygen atoms in total. The first-order valence-electron chi connectivity index (χ1n) is 13.9. The van der Waals surface area contributed by atoms with E-state index in [1.165, 1.54) is 11.0 Å². The number of carbonyl (C=O) groups excluding carboxylic acids is 1. The Labute approximate surface area is 240 Å². The van der Waals surface area contributed by atoms with E-state index in [4.69, 9.17) is 4.74 Å². The van der Waals surface area contributed by atoms with Gasteiger partial charge >= 0.3 is 6.18 Å². The normalized spacial score (nSPS) is 17.8. The van der Waals surface area contributed by atoms with E-state index < -0.39 is 17.6 Å². The summed E-state index contributed by atoms with van der Waals surface area (Å²) in [5.41, 5.74) is 2.85. The predicted octanol–water partition coefficient (Wildman–Crippen LogP) is 4.19. The number of ether oxygens (including phenoxy) is 1. The zero-order chi connectivity index (χ0) is 29.2. The van der Waals surface area contributed by atoms with E-state index in [0.29, 0.717) is 37.4 Å². The Hall–Kier alpha value is -4.19. The Kier molecular flexibility index (Phi) is 6.16. The van der Waals surface area contributed by atoms with Crippen LogP contribution in [0.5, 0.6) is 0 Å². The first-order valence-corrected chi connectivity index (χ1v) is 13.9. The number of halogens is 3. The third-order valence-electron chi connectivity index (χ3n) is 8.67. The van der Waals surface area contributed by atoms with E-state index in [9.17, 15) is 18.0 Å². The summed E-state index contributed by atoms with van der Waals surface area (Å²) >= 11 is 0. The first-order chi connectivity index (χ1) is 20.1. The fourth-order valence-electron chi connectivity index (χ4n) is 6.42. The van der Waals surface area contributed by atoms with Crippen LogP contribution >= 0.6 is 0 Å². The summed E-state index contributed by atoms with van der Waals surface area (Å²) in [5, 5.41) is 12.7. The van der Waals surface area contributed by atoms with Crippen LogP contribution in [0.4, 0.5) is 24.5 Å². The van der Waals surface area contributed by atoms with Crippen LogP contribution in [-0.4, -0.2) is 50.2 Å². The number of alkyl halides is 3. The van der Waals surface area contributed by atoms with Crippen molar-refractivity contribution in [2.75, 3.05) is 29.6 Å². The average Bonchev–Trinajstić information content (AvgIpc) is 3.62. The van der Waals surface area contributed by atoms with E-state index in [-0.39, 0.29) is 29.6 Å². The zero-order valence-corrected chi connectivity index (χ0v) is 23.4. The van der Waals surface area contributed by atoms with Gasteiger partial charge < -0.3 is 19.1 Å². The fourth-order valence-corrected chi connectivity index (χ4v) is 6.42. The Balaban J connectivity index is 1.21. The van der Waals surface area contributed by atoms with Crippen molar-refractivity contribution in [3.63, 3.8) is 0 Å². The Morgan fingerprint density at radius 1 is 1.12 bits per heavy atom. The molecule has 2 aromatic heterocycles. The number of rotatable bonds is 6. The van der Waals surface area contributed by atoms with Crippen molar-refractivity contribution in [1.82, 2.24) is 24.5 Å². The first kappa shape index (κ1) is 26.7. The van der Waals surface area contributed by atoms with E-state index in [0.717, 1.165) is 35.6 Å². The maximum atomic E-state index is 14.4. The molecule has 4 aromatic rings. The standard InChI is InChI=1S/C30H30F3N7O2/c1-37-18-34-35-27(37)12-29(16-42-17-29)20-5-3-6-21(11-20)40-14-23-22(28(40)41)9-19(10-24(23)30(31,32)33)13-39-8-4-7-25-26(39)15-38(2)36-25/h3,5-6,9-11,15,18H,4,7-8,12-14,16-17H2,1-2H3. The van der Waals surface area contributed by atoms with Crippen molar-refractivity contribution in [3.8, 4) is 0 Å². The molecule has 7 rings (SSSR count). The van der Waals surface area contributed by atoms with Crippen LogP contribution in [0.3, 0.4) is 0 Å². The molecule has 12 heteroatoms. The second kappa shape index (κ2) is 9.69. The maximum Gasteiger partial charge on any atom is 0.416 e.